The molecule has 24 heteroatoms. The van der Waals surface area contributed by atoms with Crippen molar-refractivity contribution in [2.45, 2.75) is 18.2 Å². The van der Waals surface area contributed by atoms with Crippen LogP contribution in [-0.2, 0) is 18.2 Å². The summed E-state index contributed by atoms with van der Waals surface area (Å²) in [5.41, 5.74) is 3.76. The number of rotatable bonds is 17. The van der Waals surface area contributed by atoms with Crippen LogP contribution in [0.2, 0.25) is 0 Å². The van der Waals surface area contributed by atoms with Crippen LogP contribution in [0, 0.1) is 0 Å². The van der Waals surface area contributed by atoms with E-state index in [9.17, 15) is 50.4 Å². The molecule has 534 valence electrons. The standard InChI is InChI=1S/2C26H24OP.C18H15P.C8H9ClO.ClH.2F6P.K.H2O/c2*1-27-23-19-17-22(18-20-23)21-28(24-11-5-2-6-12-24,25-13-7-3-8-14-25)26-15-9-4-10-16-26;1-4-10-16(11-5-1)19(17-12-6-2-7-13-17)18-14-8-3-9-15-18;1-10-8-4-2-7(6-9)3-5-8;;2*1-7(2,3,4,5)6;;/h2*2-20H,21H2,1H3;1-15H;2-5H,6H2,1H3;1H;;;;1H2/q2*+1;;;;2*-1;+1;. The first-order valence-corrected chi connectivity index (χ1v) is 40.4. The number of benzene rings is 12. The maximum absolute atomic E-state index is 10.7. The Morgan fingerprint density at radius 1 is 0.275 bits per heavy atom. The fourth-order valence-corrected chi connectivity index (χ4v) is 21.4. The SMILES string of the molecule is COc1ccc(CCl)cc1.COc1ccc(C[P+](c2ccccc2)(c2ccccc2)c2ccccc2)cc1.COc1ccc(C[P+](c2ccccc2)(c2ccccc2)c2ccccc2)cc1.Cl.F[P-](F)(F)(F)(F)F.F[P-](F)(F)(F)(F)F.O.[K+].c1ccc(P(c2ccccc2)c2ccccc2)cc1. The Kier molecular flexibility index (Phi) is 33.2. The van der Waals surface area contributed by atoms with E-state index in [1.807, 2.05) is 24.3 Å². The molecule has 102 heavy (non-hydrogen) atoms. The van der Waals surface area contributed by atoms with Gasteiger partial charge >= 0.3 is 117 Å². The van der Waals surface area contributed by atoms with Gasteiger partial charge in [-0.3, -0.25) is 0 Å². The van der Waals surface area contributed by atoms with E-state index in [-0.39, 0.29) is 69.3 Å². The molecule has 12 rings (SSSR count). The van der Waals surface area contributed by atoms with Gasteiger partial charge in [-0.2, -0.15) is 0 Å². The Bertz CT molecular complexity index is 3780. The molecular weight excluding hydrogens is 1490 g/mol. The van der Waals surface area contributed by atoms with E-state index in [0.717, 1.165) is 35.1 Å². The zero-order chi connectivity index (χ0) is 71.6. The van der Waals surface area contributed by atoms with Gasteiger partial charge in [-0.05, 0) is 150 Å². The average Bonchev–Trinajstić information content (AvgIpc) is 0.757. The van der Waals surface area contributed by atoms with E-state index in [4.69, 9.17) is 25.8 Å². The van der Waals surface area contributed by atoms with Crippen molar-refractivity contribution in [1.82, 2.24) is 0 Å². The second-order valence-corrected chi connectivity index (χ2v) is 35.2. The van der Waals surface area contributed by atoms with Crippen molar-refractivity contribution in [3.63, 3.8) is 0 Å². The van der Waals surface area contributed by atoms with Gasteiger partial charge in [0.25, 0.3) is 0 Å². The molecule has 0 fully saturated rings. The minimum atomic E-state index is -10.7. The Labute approximate surface area is 644 Å². The van der Waals surface area contributed by atoms with E-state index in [0.29, 0.717) is 5.88 Å². The molecule has 0 aliphatic carbocycles. The molecule has 0 unspecified atom stereocenters. The van der Waals surface area contributed by atoms with Gasteiger partial charge in [-0.15, -0.1) is 24.0 Å². The van der Waals surface area contributed by atoms with Gasteiger partial charge in [-0.1, -0.05) is 237 Å². The van der Waals surface area contributed by atoms with Gasteiger partial charge in [0.15, 0.2) is 0 Å². The zero-order valence-corrected chi connectivity index (χ0v) is 65.0. The van der Waals surface area contributed by atoms with Crippen molar-refractivity contribution in [2.75, 3.05) is 21.3 Å². The van der Waals surface area contributed by atoms with Crippen LogP contribution in [0.25, 0.3) is 0 Å². The van der Waals surface area contributed by atoms with Crippen LogP contribution in [0.1, 0.15) is 16.7 Å². The van der Waals surface area contributed by atoms with Crippen LogP contribution >= 0.6 is 62.1 Å². The van der Waals surface area contributed by atoms with Gasteiger partial charge in [0.2, 0.25) is 0 Å². The second-order valence-electron chi connectivity index (χ2n) is 21.9. The number of hydrogen-bond acceptors (Lipinski definition) is 3. The van der Waals surface area contributed by atoms with E-state index in [2.05, 4.69) is 322 Å². The number of halogens is 14. The van der Waals surface area contributed by atoms with Crippen LogP contribution in [0.5, 0.6) is 17.2 Å². The summed E-state index contributed by atoms with van der Waals surface area (Å²) in [5.74, 6) is 3.22. The van der Waals surface area contributed by atoms with Gasteiger partial charge < -0.3 is 19.7 Å². The third-order valence-corrected chi connectivity index (χ3v) is 26.2. The monoisotopic (exact) mass is 1570 g/mol. The molecule has 0 amide bonds. The Morgan fingerprint density at radius 2 is 0.431 bits per heavy atom. The minimum absolute atomic E-state index is 0. The molecule has 0 spiro atoms. The van der Waals surface area contributed by atoms with E-state index in [1.165, 1.54) is 58.9 Å². The zero-order valence-electron chi connectivity index (χ0n) is 55.8. The molecule has 0 radical (unpaired) electrons. The predicted octanol–water partition coefficient (Wildman–Crippen LogP) is 19.6. The minimum Gasteiger partial charge on any atom is -0.412 e. The van der Waals surface area contributed by atoms with Crippen molar-refractivity contribution in [3.8, 4) is 17.2 Å². The van der Waals surface area contributed by atoms with Crippen molar-refractivity contribution >= 4 is 110 Å². The molecular formula is C78H75Cl2F12KO4P5+. The predicted molar refractivity (Wildman–Crippen MR) is 409 cm³/mol. The van der Waals surface area contributed by atoms with Crippen LogP contribution < -0.4 is 113 Å². The first-order valence-electron chi connectivity index (χ1n) is 30.5. The summed E-state index contributed by atoms with van der Waals surface area (Å²) in [6.07, 6.45) is 1.96. The van der Waals surface area contributed by atoms with Gasteiger partial charge in [0, 0.05) is 5.88 Å². The summed E-state index contributed by atoms with van der Waals surface area (Å²) in [6, 6.07) is 123. The number of ether oxygens (including phenoxy) is 3. The first kappa shape index (κ1) is 87.9. The third-order valence-electron chi connectivity index (χ3n) is 14.7. The number of alkyl halides is 1. The molecule has 0 aliphatic rings. The second kappa shape index (κ2) is 38.5. The summed E-state index contributed by atoms with van der Waals surface area (Å²) in [4.78, 5) is 0. The topological polar surface area (TPSA) is 59.2 Å². The summed E-state index contributed by atoms with van der Waals surface area (Å²) in [7, 11) is -20.4. The molecule has 0 heterocycles. The first-order chi connectivity index (χ1) is 46.9. The van der Waals surface area contributed by atoms with E-state index < -0.39 is 38.1 Å². The van der Waals surface area contributed by atoms with E-state index >= 15 is 0 Å². The average molecular weight is 1570 g/mol. The van der Waals surface area contributed by atoms with Crippen molar-refractivity contribution in [2.24, 2.45) is 0 Å². The molecule has 0 saturated heterocycles. The molecule has 0 bridgehead atoms. The molecule has 4 nitrogen and oxygen atoms in total. The molecule has 0 aliphatic heterocycles. The smallest absolute Gasteiger partial charge is 0.412 e. The Morgan fingerprint density at radius 3 is 0.588 bits per heavy atom. The Hall–Kier alpha value is -6.47. The van der Waals surface area contributed by atoms with Gasteiger partial charge in [0.05, 0.1) is 33.7 Å². The maximum atomic E-state index is 9.87. The van der Waals surface area contributed by atoms with Crippen LogP contribution in [0.4, 0.5) is 50.4 Å². The quantitative estimate of drug-likeness (QED) is 0.0395. The van der Waals surface area contributed by atoms with Gasteiger partial charge in [0.1, 0.15) is 63.6 Å². The molecule has 0 saturated carbocycles. The Balaban J connectivity index is 0.000000278. The third kappa shape index (κ3) is 30.7. The normalized spacial score (nSPS) is 12.2. The maximum Gasteiger partial charge on any atom is 1.00 e. The fraction of sp³-hybridized carbons (Fsp3) is 0.0769. The molecule has 0 atom stereocenters. The summed E-state index contributed by atoms with van der Waals surface area (Å²) in [6.45, 7) is 0. The number of methoxy groups -OCH3 is 3. The van der Waals surface area contributed by atoms with Crippen molar-refractivity contribution in [1.29, 1.82) is 0 Å². The largest absolute Gasteiger partial charge is 1.00 e. The summed E-state index contributed by atoms with van der Waals surface area (Å²) >= 11 is 5.58. The van der Waals surface area contributed by atoms with Crippen LogP contribution in [0.15, 0.2) is 346 Å². The van der Waals surface area contributed by atoms with Crippen LogP contribution in [-0.4, -0.2) is 26.8 Å². The molecule has 2 N–H and O–H groups in total. The van der Waals surface area contributed by atoms with Crippen LogP contribution in [0.3, 0.4) is 0 Å². The van der Waals surface area contributed by atoms with Gasteiger partial charge in [-0.25, -0.2) is 0 Å². The fourth-order valence-electron chi connectivity index (χ4n) is 10.4. The van der Waals surface area contributed by atoms with E-state index in [1.54, 1.807) is 21.3 Å². The summed E-state index contributed by atoms with van der Waals surface area (Å²) in [5, 5.41) is 12.6. The van der Waals surface area contributed by atoms with Crippen molar-refractivity contribution in [3.05, 3.63) is 362 Å². The molecule has 12 aromatic rings. The van der Waals surface area contributed by atoms with Crippen molar-refractivity contribution < 1.29 is 121 Å². The number of hydrogen-bond donors (Lipinski definition) is 0. The summed E-state index contributed by atoms with van der Waals surface area (Å²) < 4.78 is 134. The molecule has 12 aromatic carbocycles. The molecule has 0 aromatic heterocycles.